The van der Waals surface area contributed by atoms with Gasteiger partial charge in [0.15, 0.2) is 10.8 Å². The smallest absolute Gasteiger partial charge is 0.225 e. The zero-order chi connectivity index (χ0) is 13.4. The summed E-state index contributed by atoms with van der Waals surface area (Å²) >= 11 is 11.7. The lowest BCUT2D eigenvalue weighted by Crippen LogP contribution is -2.02. The molecule has 2 heterocycles. The molecule has 0 aliphatic rings. The van der Waals surface area contributed by atoms with Crippen molar-refractivity contribution >= 4 is 34.4 Å². The van der Waals surface area contributed by atoms with Gasteiger partial charge in [-0.3, -0.25) is 0 Å². The van der Waals surface area contributed by atoms with Crippen molar-refractivity contribution in [1.82, 2.24) is 19.5 Å². The average molecular weight is 297 g/mol. The molecule has 0 saturated heterocycles. The molecule has 0 radical (unpaired) electrons. The molecule has 3 aromatic rings. The van der Waals surface area contributed by atoms with Crippen molar-refractivity contribution in [3.8, 4) is 0 Å². The van der Waals surface area contributed by atoms with Crippen molar-refractivity contribution in [3.05, 3.63) is 52.4 Å². The molecule has 7 heteroatoms. The van der Waals surface area contributed by atoms with Crippen LogP contribution in [0, 0.1) is 5.82 Å². The summed E-state index contributed by atoms with van der Waals surface area (Å²) < 4.78 is 15.3. The van der Waals surface area contributed by atoms with Gasteiger partial charge in [0.1, 0.15) is 11.3 Å². The number of benzene rings is 1. The van der Waals surface area contributed by atoms with Crippen LogP contribution in [0.3, 0.4) is 0 Å². The quantitative estimate of drug-likeness (QED) is 0.538. The highest BCUT2D eigenvalue weighted by molar-refractivity contribution is 6.35. The molecule has 96 valence electrons. The Hall–Kier alpha value is -1.72. The summed E-state index contributed by atoms with van der Waals surface area (Å²) in [5, 5.41) is 0.218. The van der Waals surface area contributed by atoms with Crippen molar-refractivity contribution in [2.24, 2.45) is 0 Å². The molecule has 2 aromatic heterocycles. The topological polar surface area (TPSA) is 43.6 Å². The molecule has 1 aromatic carbocycles. The van der Waals surface area contributed by atoms with Crippen LogP contribution in [-0.4, -0.2) is 19.5 Å². The van der Waals surface area contributed by atoms with E-state index in [4.69, 9.17) is 23.2 Å². The Balaban J connectivity index is 2.09. The van der Waals surface area contributed by atoms with E-state index in [-0.39, 0.29) is 16.3 Å². The SMILES string of the molecule is Fc1ccccc1Cn1cnc2c(Cl)nc(Cl)nc21. The highest BCUT2D eigenvalue weighted by Crippen LogP contribution is 2.21. The number of halogens is 3. The zero-order valence-corrected chi connectivity index (χ0v) is 11.0. The van der Waals surface area contributed by atoms with Gasteiger partial charge in [0.05, 0.1) is 12.9 Å². The molecular weight excluding hydrogens is 290 g/mol. The van der Waals surface area contributed by atoms with Gasteiger partial charge in [0, 0.05) is 5.56 Å². The van der Waals surface area contributed by atoms with Gasteiger partial charge in [-0.15, -0.1) is 0 Å². The standard InChI is InChI=1S/C12H7Cl2FN4/c13-10-9-11(18-12(14)17-10)19(6-16-9)5-7-3-1-2-4-8(7)15/h1-4,6H,5H2. The maximum Gasteiger partial charge on any atom is 0.225 e. The van der Waals surface area contributed by atoms with Gasteiger partial charge in [-0.2, -0.15) is 4.98 Å². The second-order valence-electron chi connectivity index (χ2n) is 3.92. The third-order valence-corrected chi connectivity index (χ3v) is 3.13. The Morgan fingerprint density at radius 1 is 1.16 bits per heavy atom. The van der Waals surface area contributed by atoms with Gasteiger partial charge in [0.2, 0.25) is 5.28 Å². The van der Waals surface area contributed by atoms with Gasteiger partial charge >= 0.3 is 0 Å². The van der Waals surface area contributed by atoms with E-state index in [9.17, 15) is 4.39 Å². The van der Waals surface area contributed by atoms with Gasteiger partial charge in [0.25, 0.3) is 0 Å². The molecule has 0 saturated carbocycles. The highest BCUT2D eigenvalue weighted by atomic mass is 35.5. The Kier molecular flexibility index (Phi) is 3.08. The van der Waals surface area contributed by atoms with Crippen LogP contribution in [0.5, 0.6) is 0 Å². The van der Waals surface area contributed by atoms with Gasteiger partial charge in [-0.25, -0.2) is 14.4 Å². The predicted molar refractivity (Wildman–Crippen MR) is 70.8 cm³/mol. The molecule has 0 unspecified atom stereocenters. The first-order valence-electron chi connectivity index (χ1n) is 5.42. The first-order chi connectivity index (χ1) is 9.15. The lowest BCUT2D eigenvalue weighted by molar-refractivity contribution is 0.601. The minimum Gasteiger partial charge on any atom is -0.311 e. The second kappa shape index (κ2) is 4.75. The van der Waals surface area contributed by atoms with Gasteiger partial charge < -0.3 is 4.57 Å². The number of rotatable bonds is 2. The third-order valence-electron chi connectivity index (χ3n) is 2.69. The van der Waals surface area contributed by atoms with E-state index >= 15 is 0 Å². The van der Waals surface area contributed by atoms with Crippen LogP contribution in [0.25, 0.3) is 11.2 Å². The summed E-state index contributed by atoms with van der Waals surface area (Å²) in [6.07, 6.45) is 1.54. The summed E-state index contributed by atoms with van der Waals surface area (Å²) in [4.78, 5) is 12.0. The number of hydrogen-bond donors (Lipinski definition) is 0. The molecular formula is C12H7Cl2FN4. The molecule has 0 aliphatic carbocycles. The van der Waals surface area contributed by atoms with E-state index in [1.54, 1.807) is 22.8 Å². The fourth-order valence-electron chi connectivity index (χ4n) is 1.81. The lowest BCUT2D eigenvalue weighted by Gasteiger charge is -2.05. The van der Waals surface area contributed by atoms with E-state index in [2.05, 4.69) is 15.0 Å². The molecule has 0 atom stereocenters. The summed E-state index contributed by atoms with van der Waals surface area (Å²) in [7, 11) is 0. The van der Waals surface area contributed by atoms with Gasteiger partial charge in [-0.05, 0) is 17.7 Å². The van der Waals surface area contributed by atoms with E-state index in [0.717, 1.165) is 0 Å². The maximum atomic E-state index is 13.6. The Morgan fingerprint density at radius 3 is 2.74 bits per heavy atom. The Bertz CT molecular complexity index is 757. The third kappa shape index (κ3) is 2.27. The minimum atomic E-state index is -0.282. The van der Waals surface area contributed by atoms with Crippen molar-refractivity contribution in [2.45, 2.75) is 6.54 Å². The summed E-state index contributed by atoms with van der Waals surface area (Å²) in [6.45, 7) is 0.298. The van der Waals surface area contributed by atoms with Crippen LogP contribution >= 0.6 is 23.2 Å². The molecule has 0 amide bonds. The number of aromatic nitrogens is 4. The molecule has 0 spiro atoms. The summed E-state index contributed by atoms with van der Waals surface area (Å²) in [5.74, 6) is -0.282. The molecule has 0 bridgehead atoms. The van der Waals surface area contributed by atoms with Crippen LogP contribution in [0.2, 0.25) is 10.4 Å². The average Bonchev–Trinajstić information content (AvgIpc) is 2.76. The van der Waals surface area contributed by atoms with Crippen molar-refractivity contribution in [2.75, 3.05) is 0 Å². The molecule has 0 N–H and O–H groups in total. The monoisotopic (exact) mass is 296 g/mol. The first kappa shape index (κ1) is 12.3. The van der Waals surface area contributed by atoms with Crippen LogP contribution in [0.4, 0.5) is 4.39 Å². The molecule has 19 heavy (non-hydrogen) atoms. The van der Waals surface area contributed by atoms with E-state index < -0.39 is 0 Å². The Morgan fingerprint density at radius 2 is 1.95 bits per heavy atom. The van der Waals surface area contributed by atoms with E-state index in [1.165, 1.54) is 12.4 Å². The summed E-state index contributed by atoms with van der Waals surface area (Å²) in [6, 6.07) is 6.52. The van der Waals surface area contributed by atoms with Crippen LogP contribution in [-0.2, 0) is 6.54 Å². The molecule has 0 fully saturated rings. The molecule has 0 aliphatic heterocycles. The second-order valence-corrected chi connectivity index (χ2v) is 4.62. The highest BCUT2D eigenvalue weighted by Gasteiger charge is 2.12. The van der Waals surface area contributed by atoms with E-state index in [1.807, 2.05) is 0 Å². The predicted octanol–water partition coefficient (Wildman–Crippen LogP) is 3.32. The van der Waals surface area contributed by atoms with Crippen molar-refractivity contribution < 1.29 is 4.39 Å². The Labute approximate surface area is 117 Å². The number of fused-ring (bicyclic) bond motifs is 1. The van der Waals surface area contributed by atoms with E-state index in [0.29, 0.717) is 23.3 Å². The molecule has 3 rings (SSSR count). The number of hydrogen-bond acceptors (Lipinski definition) is 3. The van der Waals surface area contributed by atoms with Crippen molar-refractivity contribution in [1.29, 1.82) is 0 Å². The van der Waals surface area contributed by atoms with Crippen LogP contribution in [0.15, 0.2) is 30.6 Å². The minimum absolute atomic E-state index is 0.0350. The fourth-order valence-corrected chi connectivity index (χ4v) is 2.23. The normalized spacial score (nSPS) is 11.1. The lowest BCUT2D eigenvalue weighted by atomic mass is 10.2. The molecule has 4 nitrogen and oxygen atoms in total. The zero-order valence-electron chi connectivity index (χ0n) is 9.52. The largest absolute Gasteiger partial charge is 0.311 e. The fraction of sp³-hybridized carbons (Fsp3) is 0.0833. The van der Waals surface area contributed by atoms with Gasteiger partial charge in [-0.1, -0.05) is 29.8 Å². The van der Waals surface area contributed by atoms with Crippen LogP contribution < -0.4 is 0 Å². The van der Waals surface area contributed by atoms with Crippen LogP contribution in [0.1, 0.15) is 5.56 Å². The summed E-state index contributed by atoms with van der Waals surface area (Å²) in [5.41, 5.74) is 1.46. The van der Waals surface area contributed by atoms with Crippen molar-refractivity contribution in [3.63, 3.8) is 0 Å². The maximum absolute atomic E-state index is 13.6. The first-order valence-corrected chi connectivity index (χ1v) is 6.18. The number of nitrogens with zero attached hydrogens (tertiary/aromatic N) is 4. The number of imidazole rings is 1.